The van der Waals surface area contributed by atoms with Crippen LogP contribution in [0.5, 0.6) is 11.5 Å². The summed E-state index contributed by atoms with van der Waals surface area (Å²) in [6.07, 6.45) is 4.45. The highest BCUT2D eigenvalue weighted by Crippen LogP contribution is 2.33. The molecule has 0 bridgehead atoms. The molecular formula is C17H22N4O3. The molecule has 0 atom stereocenters. The van der Waals surface area contributed by atoms with Gasteiger partial charge in [0.1, 0.15) is 0 Å². The zero-order valence-electron chi connectivity index (χ0n) is 14.2. The van der Waals surface area contributed by atoms with E-state index in [1.54, 1.807) is 25.1 Å². The Kier molecular flexibility index (Phi) is 4.59. The van der Waals surface area contributed by atoms with Crippen molar-refractivity contribution >= 4 is 6.03 Å². The molecule has 2 amide bonds. The molecule has 0 radical (unpaired) electrons. The van der Waals surface area contributed by atoms with Crippen LogP contribution in [0.3, 0.4) is 0 Å². The van der Waals surface area contributed by atoms with E-state index in [1.165, 1.54) is 5.56 Å². The molecule has 0 aliphatic carbocycles. The van der Waals surface area contributed by atoms with Crippen LogP contribution in [-0.2, 0) is 26.6 Å². The summed E-state index contributed by atoms with van der Waals surface area (Å²) in [7, 11) is 5.10. The van der Waals surface area contributed by atoms with Gasteiger partial charge in [-0.3, -0.25) is 4.68 Å². The van der Waals surface area contributed by atoms with Crippen LogP contribution in [0.4, 0.5) is 4.79 Å². The fourth-order valence-electron chi connectivity index (χ4n) is 2.91. The average molecular weight is 330 g/mol. The number of urea groups is 1. The molecule has 3 rings (SSSR count). The second-order valence-electron chi connectivity index (χ2n) is 5.83. The summed E-state index contributed by atoms with van der Waals surface area (Å²) in [6.45, 7) is 1.72. The van der Waals surface area contributed by atoms with Gasteiger partial charge in [-0.25, -0.2) is 4.79 Å². The van der Waals surface area contributed by atoms with Crippen LogP contribution >= 0.6 is 0 Å². The van der Waals surface area contributed by atoms with Crippen LogP contribution in [0.1, 0.15) is 16.7 Å². The molecule has 1 N–H and O–H groups in total. The number of fused-ring (bicyclic) bond motifs is 1. The largest absolute Gasteiger partial charge is 0.493 e. The third kappa shape index (κ3) is 3.29. The zero-order valence-corrected chi connectivity index (χ0v) is 14.2. The Labute approximate surface area is 141 Å². The van der Waals surface area contributed by atoms with Crippen molar-refractivity contribution in [1.29, 1.82) is 0 Å². The molecule has 1 aromatic carbocycles. The minimum Gasteiger partial charge on any atom is -0.493 e. The summed E-state index contributed by atoms with van der Waals surface area (Å²) in [5.74, 6) is 1.42. The second kappa shape index (κ2) is 6.82. The van der Waals surface area contributed by atoms with Crippen molar-refractivity contribution in [3.63, 3.8) is 0 Å². The summed E-state index contributed by atoms with van der Waals surface area (Å²) < 4.78 is 12.4. The first-order valence-electron chi connectivity index (χ1n) is 7.84. The quantitative estimate of drug-likeness (QED) is 0.926. The molecule has 1 aliphatic rings. The fraction of sp³-hybridized carbons (Fsp3) is 0.412. The summed E-state index contributed by atoms with van der Waals surface area (Å²) in [6, 6.07) is 3.88. The normalized spacial score (nSPS) is 13.4. The molecule has 0 fully saturated rings. The van der Waals surface area contributed by atoms with Gasteiger partial charge < -0.3 is 19.7 Å². The highest BCUT2D eigenvalue weighted by Gasteiger charge is 2.22. The van der Waals surface area contributed by atoms with Gasteiger partial charge in [0.25, 0.3) is 0 Å². The molecule has 0 spiro atoms. The van der Waals surface area contributed by atoms with Crippen molar-refractivity contribution in [3.05, 3.63) is 41.2 Å². The monoisotopic (exact) mass is 330 g/mol. The number of benzene rings is 1. The van der Waals surface area contributed by atoms with Gasteiger partial charge in [0, 0.05) is 38.4 Å². The van der Waals surface area contributed by atoms with E-state index in [-0.39, 0.29) is 6.03 Å². The zero-order chi connectivity index (χ0) is 17.1. The van der Waals surface area contributed by atoms with Gasteiger partial charge in [0.15, 0.2) is 11.5 Å². The Morgan fingerprint density at radius 2 is 1.96 bits per heavy atom. The number of nitrogens with zero attached hydrogens (tertiary/aromatic N) is 3. The second-order valence-corrected chi connectivity index (χ2v) is 5.83. The first-order chi connectivity index (χ1) is 11.6. The molecule has 2 heterocycles. The maximum atomic E-state index is 12.4. The van der Waals surface area contributed by atoms with E-state index in [2.05, 4.69) is 10.4 Å². The van der Waals surface area contributed by atoms with E-state index in [0.29, 0.717) is 25.4 Å². The van der Waals surface area contributed by atoms with Gasteiger partial charge in [-0.05, 0) is 29.7 Å². The van der Waals surface area contributed by atoms with E-state index < -0.39 is 0 Å². The van der Waals surface area contributed by atoms with E-state index >= 15 is 0 Å². The summed E-state index contributed by atoms with van der Waals surface area (Å²) >= 11 is 0. The Balaban J connectivity index is 1.66. The average Bonchev–Trinajstić information content (AvgIpc) is 3.03. The number of carbonyl (C=O) groups excluding carboxylic acids is 1. The first-order valence-corrected chi connectivity index (χ1v) is 7.84. The van der Waals surface area contributed by atoms with Crippen molar-refractivity contribution in [2.45, 2.75) is 19.5 Å². The van der Waals surface area contributed by atoms with E-state index in [4.69, 9.17) is 9.47 Å². The Morgan fingerprint density at radius 1 is 1.25 bits per heavy atom. The Bertz CT molecular complexity index is 741. The SMILES string of the molecule is COc1cc2c(cc1OC)CN(C(=O)NCc1cnn(C)c1)CC2. The maximum absolute atomic E-state index is 12.4. The minimum absolute atomic E-state index is 0.0701. The highest BCUT2D eigenvalue weighted by molar-refractivity contribution is 5.74. The molecule has 1 aliphatic heterocycles. The number of nitrogens with one attached hydrogen (secondary N) is 1. The lowest BCUT2D eigenvalue weighted by atomic mass is 9.99. The third-order valence-corrected chi connectivity index (χ3v) is 4.21. The number of aromatic nitrogens is 2. The number of carbonyl (C=O) groups is 1. The third-order valence-electron chi connectivity index (χ3n) is 4.21. The van der Waals surface area contributed by atoms with Crippen LogP contribution < -0.4 is 14.8 Å². The van der Waals surface area contributed by atoms with Crippen molar-refractivity contribution in [1.82, 2.24) is 20.0 Å². The molecule has 7 heteroatoms. The van der Waals surface area contributed by atoms with Gasteiger partial charge in [0.2, 0.25) is 0 Å². The molecule has 24 heavy (non-hydrogen) atoms. The summed E-state index contributed by atoms with van der Waals surface area (Å²) in [5, 5.41) is 7.04. The van der Waals surface area contributed by atoms with Gasteiger partial charge in [-0.15, -0.1) is 0 Å². The number of aryl methyl sites for hydroxylation is 1. The van der Waals surface area contributed by atoms with Gasteiger partial charge >= 0.3 is 6.03 Å². The summed E-state index contributed by atoms with van der Waals surface area (Å²) in [4.78, 5) is 14.2. The number of ether oxygens (including phenoxy) is 2. The molecule has 0 saturated heterocycles. The first kappa shape index (κ1) is 16.2. The predicted octanol–water partition coefficient (Wildman–Crippen LogP) is 1.71. The molecule has 7 nitrogen and oxygen atoms in total. The lowest BCUT2D eigenvalue weighted by molar-refractivity contribution is 0.191. The number of rotatable bonds is 4. The molecule has 0 saturated carbocycles. The Morgan fingerprint density at radius 3 is 2.58 bits per heavy atom. The minimum atomic E-state index is -0.0701. The van der Waals surface area contributed by atoms with Crippen LogP contribution in [-0.4, -0.2) is 41.5 Å². The standard InChI is InChI=1S/C17H22N4O3/c1-20-10-12(9-19-20)8-18-17(22)21-5-4-13-6-15(23-2)16(24-3)7-14(13)11-21/h6-7,9-10H,4-5,8,11H2,1-3H3,(H,18,22). The Hall–Kier alpha value is -2.70. The van der Waals surface area contributed by atoms with Crippen molar-refractivity contribution < 1.29 is 14.3 Å². The number of hydrogen-bond donors (Lipinski definition) is 1. The highest BCUT2D eigenvalue weighted by atomic mass is 16.5. The molecule has 1 aromatic heterocycles. The molecule has 2 aromatic rings. The number of amides is 2. The fourth-order valence-corrected chi connectivity index (χ4v) is 2.91. The van der Waals surface area contributed by atoms with Crippen LogP contribution in [0.15, 0.2) is 24.5 Å². The number of methoxy groups -OCH3 is 2. The topological polar surface area (TPSA) is 68.6 Å². The van der Waals surface area contributed by atoms with Gasteiger partial charge in [-0.1, -0.05) is 0 Å². The van der Waals surface area contributed by atoms with Crippen molar-refractivity contribution in [2.75, 3.05) is 20.8 Å². The van der Waals surface area contributed by atoms with E-state index in [9.17, 15) is 4.79 Å². The van der Waals surface area contributed by atoms with Gasteiger partial charge in [-0.2, -0.15) is 5.10 Å². The lowest BCUT2D eigenvalue weighted by Gasteiger charge is -2.29. The van der Waals surface area contributed by atoms with E-state index in [0.717, 1.165) is 23.3 Å². The van der Waals surface area contributed by atoms with Crippen molar-refractivity contribution in [2.24, 2.45) is 7.05 Å². The van der Waals surface area contributed by atoms with Crippen LogP contribution in [0.2, 0.25) is 0 Å². The van der Waals surface area contributed by atoms with Crippen LogP contribution in [0, 0.1) is 0 Å². The molecule has 128 valence electrons. The molecule has 0 unspecified atom stereocenters. The maximum Gasteiger partial charge on any atom is 0.317 e. The number of hydrogen-bond acceptors (Lipinski definition) is 4. The predicted molar refractivity (Wildman–Crippen MR) is 89.1 cm³/mol. The van der Waals surface area contributed by atoms with Crippen LogP contribution in [0.25, 0.3) is 0 Å². The molecular weight excluding hydrogens is 308 g/mol. The van der Waals surface area contributed by atoms with Gasteiger partial charge in [0.05, 0.1) is 20.4 Å². The van der Waals surface area contributed by atoms with E-state index in [1.807, 2.05) is 30.3 Å². The van der Waals surface area contributed by atoms with Crippen molar-refractivity contribution in [3.8, 4) is 11.5 Å². The lowest BCUT2D eigenvalue weighted by Crippen LogP contribution is -2.42. The summed E-state index contributed by atoms with van der Waals surface area (Å²) in [5.41, 5.74) is 3.27. The smallest absolute Gasteiger partial charge is 0.317 e.